The molecule has 0 aromatic heterocycles. The highest BCUT2D eigenvalue weighted by atomic mass is 32.2. The van der Waals surface area contributed by atoms with Crippen molar-refractivity contribution < 1.29 is 8.42 Å². The van der Waals surface area contributed by atoms with Gasteiger partial charge in [-0.1, -0.05) is 13.3 Å². The van der Waals surface area contributed by atoms with Crippen LogP contribution < -0.4 is 10.0 Å². The number of rotatable bonds is 7. The standard InChI is InChI=1S/C14H30N4O2S/c1-3-15-11-14-7-4-5-10-18(14)21(19,20)16-12-13-8-6-9-17(13)2/h13-16H,3-12H2,1-2H3. The SMILES string of the molecule is CCNCC1CCCCN1S(=O)(=O)NCC1CCCN1C. The van der Waals surface area contributed by atoms with Crippen LogP contribution in [-0.2, 0) is 10.2 Å². The monoisotopic (exact) mass is 318 g/mol. The fourth-order valence-electron chi connectivity index (χ4n) is 3.33. The largest absolute Gasteiger partial charge is 0.315 e. The Labute approximate surface area is 129 Å². The molecule has 124 valence electrons. The summed E-state index contributed by atoms with van der Waals surface area (Å²) in [6, 6.07) is 0.439. The number of piperidine rings is 1. The highest BCUT2D eigenvalue weighted by Gasteiger charge is 2.32. The lowest BCUT2D eigenvalue weighted by molar-refractivity contribution is 0.241. The van der Waals surface area contributed by atoms with Crippen LogP contribution in [-0.4, -0.2) is 69.5 Å². The molecule has 0 aliphatic carbocycles. The van der Waals surface area contributed by atoms with E-state index in [1.54, 1.807) is 4.31 Å². The Hall–Kier alpha value is -0.210. The average Bonchev–Trinajstić information content (AvgIpc) is 2.89. The van der Waals surface area contributed by atoms with E-state index < -0.39 is 10.2 Å². The third-order valence-corrected chi connectivity index (χ3v) is 6.31. The van der Waals surface area contributed by atoms with Gasteiger partial charge in [-0.15, -0.1) is 0 Å². The first-order chi connectivity index (χ1) is 10.0. The first-order valence-electron chi connectivity index (χ1n) is 8.22. The van der Waals surface area contributed by atoms with Crippen LogP contribution >= 0.6 is 0 Å². The van der Waals surface area contributed by atoms with Gasteiger partial charge in [0.05, 0.1) is 0 Å². The predicted octanol–water partition coefficient (Wildman–Crippen LogP) is 0.379. The molecule has 0 aromatic rings. The van der Waals surface area contributed by atoms with Crippen molar-refractivity contribution in [3.63, 3.8) is 0 Å². The molecule has 2 aliphatic heterocycles. The van der Waals surface area contributed by atoms with Crippen LogP contribution in [0.3, 0.4) is 0 Å². The van der Waals surface area contributed by atoms with Gasteiger partial charge in [0.15, 0.2) is 0 Å². The lowest BCUT2D eigenvalue weighted by atomic mass is 10.1. The third-order valence-electron chi connectivity index (χ3n) is 4.68. The Morgan fingerprint density at radius 2 is 1.81 bits per heavy atom. The van der Waals surface area contributed by atoms with Gasteiger partial charge in [0, 0.05) is 31.7 Å². The van der Waals surface area contributed by atoms with E-state index in [1.165, 1.54) is 0 Å². The fourth-order valence-corrected chi connectivity index (χ4v) is 4.84. The summed E-state index contributed by atoms with van der Waals surface area (Å²) in [6.07, 6.45) is 5.28. The Kier molecular flexibility index (Phi) is 6.43. The van der Waals surface area contributed by atoms with Crippen LogP contribution in [0.2, 0.25) is 0 Å². The zero-order chi connectivity index (χ0) is 15.3. The van der Waals surface area contributed by atoms with E-state index >= 15 is 0 Å². The van der Waals surface area contributed by atoms with Gasteiger partial charge < -0.3 is 10.2 Å². The minimum Gasteiger partial charge on any atom is -0.315 e. The molecule has 0 spiro atoms. The van der Waals surface area contributed by atoms with Crippen LogP contribution in [0.1, 0.15) is 39.0 Å². The maximum absolute atomic E-state index is 12.6. The van der Waals surface area contributed by atoms with E-state index in [0.717, 1.165) is 51.7 Å². The van der Waals surface area contributed by atoms with Gasteiger partial charge in [-0.3, -0.25) is 0 Å². The topological polar surface area (TPSA) is 64.7 Å². The second kappa shape index (κ2) is 7.87. The molecule has 2 aliphatic rings. The molecular formula is C14H30N4O2S. The Bertz CT molecular complexity index is 415. The molecular weight excluding hydrogens is 288 g/mol. The molecule has 7 heteroatoms. The minimum absolute atomic E-state index is 0.0949. The molecule has 0 saturated carbocycles. The van der Waals surface area contributed by atoms with Crippen LogP contribution in [0.5, 0.6) is 0 Å². The minimum atomic E-state index is -3.36. The third kappa shape index (κ3) is 4.63. The number of nitrogens with one attached hydrogen (secondary N) is 2. The highest BCUT2D eigenvalue weighted by Crippen LogP contribution is 2.20. The Morgan fingerprint density at radius 3 is 2.48 bits per heavy atom. The predicted molar refractivity (Wildman–Crippen MR) is 85.5 cm³/mol. The molecule has 2 heterocycles. The van der Waals surface area contributed by atoms with E-state index in [9.17, 15) is 8.42 Å². The van der Waals surface area contributed by atoms with Gasteiger partial charge in [0.25, 0.3) is 10.2 Å². The Balaban J connectivity index is 1.92. The van der Waals surface area contributed by atoms with Crippen LogP contribution in [0.15, 0.2) is 0 Å². The number of hydrogen-bond donors (Lipinski definition) is 2. The number of likely N-dealkylation sites (tertiary alicyclic amines) is 1. The smallest absolute Gasteiger partial charge is 0.279 e. The summed E-state index contributed by atoms with van der Waals surface area (Å²) in [6.45, 7) is 5.93. The lowest BCUT2D eigenvalue weighted by Gasteiger charge is -2.35. The van der Waals surface area contributed by atoms with Crippen molar-refractivity contribution >= 4 is 10.2 Å². The number of hydrogen-bond acceptors (Lipinski definition) is 4. The quantitative estimate of drug-likeness (QED) is 0.712. The first-order valence-corrected chi connectivity index (χ1v) is 9.66. The fraction of sp³-hybridized carbons (Fsp3) is 1.00. The second-order valence-corrected chi connectivity index (χ2v) is 7.91. The molecule has 2 N–H and O–H groups in total. The van der Waals surface area contributed by atoms with Crippen molar-refractivity contribution in [2.45, 2.75) is 51.1 Å². The van der Waals surface area contributed by atoms with Gasteiger partial charge in [0.2, 0.25) is 0 Å². The molecule has 21 heavy (non-hydrogen) atoms. The van der Waals surface area contributed by atoms with Gasteiger partial charge in [-0.25, -0.2) is 4.72 Å². The Morgan fingerprint density at radius 1 is 1.05 bits per heavy atom. The molecule has 0 aromatic carbocycles. The van der Waals surface area contributed by atoms with Crippen molar-refractivity contribution in [1.29, 1.82) is 0 Å². The van der Waals surface area contributed by atoms with Crippen molar-refractivity contribution in [1.82, 2.24) is 19.2 Å². The molecule has 6 nitrogen and oxygen atoms in total. The van der Waals surface area contributed by atoms with Crippen molar-refractivity contribution in [2.24, 2.45) is 0 Å². The highest BCUT2D eigenvalue weighted by molar-refractivity contribution is 7.87. The van der Waals surface area contributed by atoms with Crippen molar-refractivity contribution in [2.75, 3.05) is 39.8 Å². The summed E-state index contributed by atoms with van der Waals surface area (Å²) in [5.41, 5.74) is 0. The van der Waals surface area contributed by atoms with E-state index in [0.29, 0.717) is 19.1 Å². The van der Waals surface area contributed by atoms with Crippen molar-refractivity contribution in [3.05, 3.63) is 0 Å². The van der Waals surface area contributed by atoms with Crippen LogP contribution in [0.25, 0.3) is 0 Å². The van der Waals surface area contributed by atoms with Crippen LogP contribution in [0.4, 0.5) is 0 Å². The van der Waals surface area contributed by atoms with Gasteiger partial charge in [-0.2, -0.15) is 12.7 Å². The van der Waals surface area contributed by atoms with E-state index in [1.807, 2.05) is 0 Å². The molecule has 0 radical (unpaired) electrons. The molecule has 2 fully saturated rings. The lowest BCUT2D eigenvalue weighted by Crippen LogP contribution is -2.53. The maximum Gasteiger partial charge on any atom is 0.279 e. The average molecular weight is 318 g/mol. The molecule has 0 amide bonds. The second-order valence-electron chi connectivity index (χ2n) is 6.20. The summed E-state index contributed by atoms with van der Waals surface area (Å²) in [7, 11) is -1.29. The first kappa shape index (κ1) is 17.1. The number of nitrogens with zero attached hydrogens (tertiary/aromatic N) is 2. The molecule has 2 atom stereocenters. The van der Waals surface area contributed by atoms with E-state index in [2.05, 4.69) is 28.9 Å². The summed E-state index contributed by atoms with van der Waals surface area (Å²) >= 11 is 0. The summed E-state index contributed by atoms with van der Waals surface area (Å²) in [4.78, 5) is 2.24. The van der Waals surface area contributed by atoms with Crippen molar-refractivity contribution in [3.8, 4) is 0 Å². The van der Waals surface area contributed by atoms with Gasteiger partial charge in [0.1, 0.15) is 0 Å². The molecule has 2 rings (SSSR count). The van der Waals surface area contributed by atoms with E-state index in [-0.39, 0.29) is 6.04 Å². The zero-order valence-electron chi connectivity index (χ0n) is 13.3. The summed E-state index contributed by atoms with van der Waals surface area (Å²) in [5, 5.41) is 3.28. The maximum atomic E-state index is 12.6. The molecule has 2 saturated heterocycles. The van der Waals surface area contributed by atoms with Gasteiger partial charge in [-0.05, 0) is 45.8 Å². The van der Waals surface area contributed by atoms with Gasteiger partial charge >= 0.3 is 0 Å². The van der Waals surface area contributed by atoms with E-state index in [4.69, 9.17) is 0 Å². The summed E-state index contributed by atoms with van der Waals surface area (Å²) in [5.74, 6) is 0. The normalized spacial score (nSPS) is 29.0. The molecule has 2 unspecified atom stereocenters. The van der Waals surface area contributed by atoms with Crippen LogP contribution in [0, 0.1) is 0 Å². The number of likely N-dealkylation sites (N-methyl/N-ethyl adjacent to an activating group) is 2. The molecule has 0 bridgehead atoms. The zero-order valence-corrected chi connectivity index (χ0v) is 14.2. The summed E-state index contributed by atoms with van der Waals surface area (Å²) < 4.78 is 29.7.